The van der Waals surface area contributed by atoms with E-state index in [1.165, 1.54) is 6.07 Å². The van der Waals surface area contributed by atoms with Gasteiger partial charge in [0.15, 0.2) is 0 Å². The SMILES string of the molecule is Cn1ccnc1[C@@H](NC(=O)C[C@@H]1C=CCC1)c1ccccc1F. The molecule has 2 aromatic rings. The number of aromatic nitrogens is 2. The number of nitrogens with one attached hydrogen (secondary N) is 1. The Morgan fingerprint density at radius 2 is 2.30 bits per heavy atom. The molecule has 1 heterocycles. The Morgan fingerprint density at radius 1 is 1.48 bits per heavy atom. The number of rotatable bonds is 5. The van der Waals surface area contributed by atoms with E-state index >= 15 is 0 Å². The molecule has 23 heavy (non-hydrogen) atoms. The molecule has 0 aliphatic heterocycles. The first-order valence-electron chi connectivity index (χ1n) is 7.83. The van der Waals surface area contributed by atoms with Crippen molar-refractivity contribution in [2.24, 2.45) is 13.0 Å². The second-order valence-electron chi connectivity index (χ2n) is 5.89. The normalized spacial score (nSPS) is 18.1. The number of carbonyl (C=O) groups excluding carboxylic acids is 1. The van der Waals surface area contributed by atoms with Gasteiger partial charge in [0.1, 0.15) is 17.7 Å². The first-order valence-corrected chi connectivity index (χ1v) is 7.83. The van der Waals surface area contributed by atoms with Crippen LogP contribution >= 0.6 is 0 Å². The Labute approximate surface area is 135 Å². The molecule has 120 valence electrons. The predicted octanol–water partition coefficient (Wildman–Crippen LogP) is 3.12. The third kappa shape index (κ3) is 3.50. The minimum Gasteiger partial charge on any atom is -0.342 e. The lowest BCUT2D eigenvalue weighted by molar-refractivity contribution is -0.122. The Balaban J connectivity index is 1.84. The number of halogens is 1. The second-order valence-corrected chi connectivity index (χ2v) is 5.89. The fraction of sp³-hybridized carbons (Fsp3) is 0.333. The monoisotopic (exact) mass is 313 g/mol. The zero-order valence-electron chi connectivity index (χ0n) is 13.1. The number of carbonyl (C=O) groups is 1. The van der Waals surface area contributed by atoms with E-state index in [1.54, 1.807) is 35.2 Å². The van der Waals surface area contributed by atoms with Crippen LogP contribution in [0.4, 0.5) is 4.39 Å². The van der Waals surface area contributed by atoms with Crippen LogP contribution in [-0.4, -0.2) is 15.5 Å². The van der Waals surface area contributed by atoms with E-state index in [-0.39, 0.29) is 17.6 Å². The predicted molar refractivity (Wildman–Crippen MR) is 86.1 cm³/mol. The van der Waals surface area contributed by atoms with Crippen LogP contribution in [0.1, 0.15) is 36.7 Å². The van der Waals surface area contributed by atoms with Crippen LogP contribution in [0.2, 0.25) is 0 Å². The third-order valence-electron chi connectivity index (χ3n) is 4.20. The molecule has 0 fully saturated rings. The quantitative estimate of drug-likeness (QED) is 0.862. The number of imidazole rings is 1. The number of hydrogen-bond donors (Lipinski definition) is 1. The highest BCUT2D eigenvalue weighted by Gasteiger charge is 2.24. The lowest BCUT2D eigenvalue weighted by Crippen LogP contribution is -2.32. The summed E-state index contributed by atoms with van der Waals surface area (Å²) in [7, 11) is 1.84. The number of nitrogens with zero attached hydrogens (tertiary/aromatic N) is 2. The molecule has 1 aliphatic carbocycles. The fourth-order valence-corrected chi connectivity index (χ4v) is 2.97. The maximum Gasteiger partial charge on any atom is 0.221 e. The Kier molecular flexibility index (Phi) is 4.55. The van der Waals surface area contributed by atoms with Gasteiger partial charge in [-0.3, -0.25) is 4.79 Å². The summed E-state index contributed by atoms with van der Waals surface area (Å²) in [5, 5.41) is 2.95. The van der Waals surface area contributed by atoms with Crippen LogP contribution in [0.5, 0.6) is 0 Å². The summed E-state index contributed by atoms with van der Waals surface area (Å²) < 4.78 is 16.0. The van der Waals surface area contributed by atoms with Crippen molar-refractivity contribution < 1.29 is 9.18 Å². The Bertz CT molecular complexity index is 723. The largest absolute Gasteiger partial charge is 0.342 e. The molecule has 1 N–H and O–H groups in total. The minimum absolute atomic E-state index is 0.0854. The van der Waals surface area contributed by atoms with Crippen molar-refractivity contribution in [1.82, 2.24) is 14.9 Å². The maximum absolute atomic E-state index is 14.2. The van der Waals surface area contributed by atoms with Gasteiger partial charge in [0.25, 0.3) is 0 Å². The zero-order chi connectivity index (χ0) is 16.2. The van der Waals surface area contributed by atoms with Crippen molar-refractivity contribution in [2.45, 2.75) is 25.3 Å². The van der Waals surface area contributed by atoms with Crippen LogP contribution in [0.15, 0.2) is 48.8 Å². The smallest absolute Gasteiger partial charge is 0.221 e. The van der Waals surface area contributed by atoms with Crippen LogP contribution < -0.4 is 5.32 Å². The van der Waals surface area contributed by atoms with Gasteiger partial charge in [-0.2, -0.15) is 0 Å². The molecule has 1 aromatic carbocycles. The summed E-state index contributed by atoms with van der Waals surface area (Å²) in [4.78, 5) is 16.7. The second kappa shape index (κ2) is 6.77. The van der Waals surface area contributed by atoms with Crippen molar-refractivity contribution in [3.63, 3.8) is 0 Å². The van der Waals surface area contributed by atoms with Gasteiger partial charge in [-0.1, -0.05) is 30.4 Å². The molecule has 1 aliphatic rings. The lowest BCUT2D eigenvalue weighted by atomic mass is 10.0. The molecular weight excluding hydrogens is 293 g/mol. The standard InChI is InChI=1S/C18H20FN3O/c1-22-11-10-20-18(22)17(14-8-4-5-9-15(14)19)21-16(23)12-13-6-2-3-7-13/h2,4-6,8-11,13,17H,3,7,12H2,1H3,(H,21,23)/t13-,17+/m1/s1. The van der Waals surface area contributed by atoms with Crippen molar-refractivity contribution in [2.75, 3.05) is 0 Å². The van der Waals surface area contributed by atoms with Gasteiger partial charge in [0, 0.05) is 31.4 Å². The van der Waals surface area contributed by atoms with Crippen LogP contribution in [0, 0.1) is 11.7 Å². The number of amides is 1. The molecule has 0 spiro atoms. The molecule has 3 rings (SSSR count). The van der Waals surface area contributed by atoms with Crippen molar-refractivity contribution in [3.05, 3.63) is 66.0 Å². The number of benzene rings is 1. The average molecular weight is 313 g/mol. The maximum atomic E-state index is 14.2. The molecule has 0 unspecified atom stereocenters. The topological polar surface area (TPSA) is 46.9 Å². The highest BCUT2D eigenvalue weighted by molar-refractivity contribution is 5.77. The molecule has 0 saturated heterocycles. The van der Waals surface area contributed by atoms with Gasteiger partial charge in [-0.05, 0) is 24.8 Å². The van der Waals surface area contributed by atoms with Gasteiger partial charge < -0.3 is 9.88 Å². The summed E-state index contributed by atoms with van der Waals surface area (Å²) in [6.07, 6.45) is 10.1. The Morgan fingerprint density at radius 3 is 2.96 bits per heavy atom. The van der Waals surface area contributed by atoms with Crippen LogP contribution in [0.25, 0.3) is 0 Å². The van der Waals surface area contributed by atoms with Crippen molar-refractivity contribution in [1.29, 1.82) is 0 Å². The summed E-state index contributed by atoms with van der Waals surface area (Å²) in [5.74, 6) is 0.461. The molecular formula is C18H20FN3O. The average Bonchev–Trinajstić information content (AvgIpc) is 3.17. The minimum atomic E-state index is -0.589. The van der Waals surface area contributed by atoms with Crippen molar-refractivity contribution >= 4 is 5.91 Å². The number of aryl methyl sites for hydroxylation is 1. The summed E-state index contributed by atoms with van der Waals surface area (Å²) in [5.41, 5.74) is 0.428. The van der Waals surface area contributed by atoms with Gasteiger partial charge in [0.05, 0.1) is 0 Å². The van der Waals surface area contributed by atoms with Gasteiger partial charge in [0.2, 0.25) is 5.91 Å². The molecule has 1 amide bonds. The molecule has 1 aromatic heterocycles. The van der Waals surface area contributed by atoms with E-state index in [0.29, 0.717) is 17.8 Å². The Hall–Kier alpha value is -2.43. The molecule has 2 atom stereocenters. The fourth-order valence-electron chi connectivity index (χ4n) is 2.97. The zero-order valence-corrected chi connectivity index (χ0v) is 13.1. The van der Waals surface area contributed by atoms with E-state index < -0.39 is 6.04 Å². The third-order valence-corrected chi connectivity index (χ3v) is 4.20. The van der Waals surface area contributed by atoms with E-state index in [9.17, 15) is 9.18 Å². The van der Waals surface area contributed by atoms with Gasteiger partial charge >= 0.3 is 0 Å². The molecule has 0 radical (unpaired) electrons. The molecule has 5 heteroatoms. The molecule has 0 saturated carbocycles. The molecule has 4 nitrogen and oxygen atoms in total. The van der Waals surface area contributed by atoms with Crippen molar-refractivity contribution in [3.8, 4) is 0 Å². The number of hydrogen-bond acceptors (Lipinski definition) is 2. The number of allylic oxidation sites excluding steroid dienone is 2. The van der Waals surface area contributed by atoms with E-state index in [1.807, 2.05) is 7.05 Å². The summed E-state index contributed by atoms with van der Waals surface area (Å²) >= 11 is 0. The van der Waals surface area contributed by atoms with E-state index in [2.05, 4.69) is 22.5 Å². The first kappa shape index (κ1) is 15.5. The van der Waals surface area contributed by atoms with Gasteiger partial charge in [-0.25, -0.2) is 9.37 Å². The highest BCUT2D eigenvalue weighted by Crippen LogP contribution is 2.25. The van der Waals surface area contributed by atoms with Crippen LogP contribution in [0.3, 0.4) is 0 Å². The van der Waals surface area contributed by atoms with E-state index in [4.69, 9.17) is 0 Å². The highest BCUT2D eigenvalue weighted by atomic mass is 19.1. The van der Waals surface area contributed by atoms with Crippen LogP contribution in [-0.2, 0) is 11.8 Å². The summed E-state index contributed by atoms with van der Waals surface area (Å²) in [6.45, 7) is 0. The summed E-state index contributed by atoms with van der Waals surface area (Å²) in [6, 6.07) is 5.90. The van der Waals surface area contributed by atoms with E-state index in [0.717, 1.165) is 12.8 Å². The lowest BCUT2D eigenvalue weighted by Gasteiger charge is -2.20. The molecule has 0 bridgehead atoms. The van der Waals surface area contributed by atoms with Gasteiger partial charge in [-0.15, -0.1) is 0 Å². The first-order chi connectivity index (χ1) is 11.1.